The molecule has 120 valence electrons. The molecule has 0 amide bonds. The van der Waals surface area contributed by atoms with Gasteiger partial charge in [0.1, 0.15) is 0 Å². The molecule has 0 spiro atoms. The Kier molecular flexibility index (Phi) is 6.40. The van der Waals surface area contributed by atoms with Crippen LogP contribution in [0.2, 0.25) is 0 Å². The SMILES string of the molecule is C=C(/C=C/c1cccc(C)c1)c1ccc2c(c1)CCCC2.CC. The van der Waals surface area contributed by atoms with Gasteiger partial charge in [0, 0.05) is 0 Å². The summed E-state index contributed by atoms with van der Waals surface area (Å²) >= 11 is 0. The minimum absolute atomic E-state index is 1.09. The molecule has 0 nitrogen and oxygen atoms in total. The van der Waals surface area contributed by atoms with E-state index in [-0.39, 0.29) is 0 Å². The molecule has 0 heteroatoms. The van der Waals surface area contributed by atoms with Gasteiger partial charge in [-0.25, -0.2) is 0 Å². The van der Waals surface area contributed by atoms with Crippen LogP contribution < -0.4 is 0 Å². The van der Waals surface area contributed by atoms with Crippen molar-refractivity contribution < 1.29 is 0 Å². The minimum atomic E-state index is 1.09. The van der Waals surface area contributed by atoms with Gasteiger partial charge in [0.15, 0.2) is 0 Å². The van der Waals surface area contributed by atoms with E-state index in [1.165, 1.54) is 53.5 Å². The highest BCUT2D eigenvalue weighted by atomic mass is 14.1. The summed E-state index contributed by atoms with van der Waals surface area (Å²) in [6.45, 7) is 10.3. The van der Waals surface area contributed by atoms with E-state index in [1.54, 1.807) is 0 Å². The molecular weight excluding hydrogens is 276 g/mol. The Bertz CT molecular complexity index is 689. The van der Waals surface area contributed by atoms with Crippen molar-refractivity contribution in [2.45, 2.75) is 46.5 Å². The highest BCUT2D eigenvalue weighted by Crippen LogP contribution is 2.25. The van der Waals surface area contributed by atoms with Crippen molar-refractivity contribution in [2.75, 3.05) is 0 Å². The van der Waals surface area contributed by atoms with Crippen molar-refractivity contribution in [1.82, 2.24) is 0 Å². The molecule has 23 heavy (non-hydrogen) atoms. The number of hydrogen-bond acceptors (Lipinski definition) is 0. The maximum atomic E-state index is 4.22. The van der Waals surface area contributed by atoms with Crippen LogP contribution in [-0.4, -0.2) is 0 Å². The van der Waals surface area contributed by atoms with Crippen LogP contribution in [-0.2, 0) is 12.8 Å². The average Bonchev–Trinajstić information content (AvgIpc) is 2.61. The maximum absolute atomic E-state index is 4.22. The quantitative estimate of drug-likeness (QED) is 0.558. The third kappa shape index (κ3) is 4.69. The maximum Gasteiger partial charge on any atom is -0.0187 e. The van der Waals surface area contributed by atoms with Gasteiger partial charge in [-0.05, 0) is 60.4 Å². The summed E-state index contributed by atoms with van der Waals surface area (Å²) in [6, 6.07) is 15.4. The van der Waals surface area contributed by atoms with Crippen LogP contribution in [0.5, 0.6) is 0 Å². The fraction of sp³-hybridized carbons (Fsp3) is 0.304. The van der Waals surface area contributed by atoms with Gasteiger partial charge in [0.2, 0.25) is 0 Å². The lowest BCUT2D eigenvalue weighted by atomic mass is 9.89. The molecule has 0 N–H and O–H groups in total. The summed E-state index contributed by atoms with van der Waals surface area (Å²) in [5, 5.41) is 0. The van der Waals surface area contributed by atoms with Crippen LogP contribution in [0.15, 0.2) is 55.1 Å². The molecule has 0 saturated carbocycles. The molecule has 0 unspecified atom stereocenters. The first-order valence-corrected chi connectivity index (χ1v) is 8.78. The van der Waals surface area contributed by atoms with Gasteiger partial charge in [0.05, 0.1) is 0 Å². The second-order valence-corrected chi connectivity index (χ2v) is 5.96. The van der Waals surface area contributed by atoms with Crippen LogP contribution in [0.4, 0.5) is 0 Å². The molecule has 0 fully saturated rings. The second kappa shape index (κ2) is 8.53. The summed E-state index contributed by atoms with van der Waals surface area (Å²) in [6.07, 6.45) is 9.38. The summed E-state index contributed by atoms with van der Waals surface area (Å²) in [4.78, 5) is 0. The standard InChI is InChI=1S/C21H22.C2H6/c1-16-6-5-7-18(14-16)11-10-17(2)20-13-12-19-8-3-4-9-21(19)15-20;1-2/h5-7,10-15H,2-4,8-9H2,1H3;1-2H3/b11-10+;. The Balaban J connectivity index is 0.000000924. The van der Waals surface area contributed by atoms with E-state index in [2.05, 4.69) is 68.1 Å². The molecule has 0 saturated heterocycles. The van der Waals surface area contributed by atoms with Crippen LogP contribution in [0.3, 0.4) is 0 Å². The zero-order valence-corrected chi connectivity index (χ0v) is 14.7. The van der Waals surface area contributed by atoms with Crippen molar-refractivity contribution in [3.8, 4) is 0 Å². The normalized spacial score (nSPS) is 13.2. The Hall–Kier alpha value is -2.08. The molecule has 0 aliphatic heterocycles. The number of allylic oxidation sites excluding steroid dienone is 2. The van der Waals surface area contributed by atoms with E-state index >= 15 is 0 Å². The first-order valence-electron chi connectivity index (χ1n) is 8.78. The number of hydrogen-bond donors (Lipinski definition) is 0. The fourth-order valence-corrected chi connectivity index (χ4v) is 3.00. The van der Waals surface area contributed by atoms with Crippen molar-refractivity contribution in [1.29, 1.82) is 0 Å². The predicted octanol–water partition coefficient (Wildman–Crippen LogP) is 6.63. The Morgan fingerprint density at radius 3 is 2.43 bits per heavy atom. The zero-order chi connectivity index (χ0) is 16.7. The Labute approximate surface area is 141 Å². The van der Waals surface area contributed by atoms with Crippen molar-refractivity contribution in [3.05, 3.63) is 82.9 Å². The largest absolute Gasteiger partial charge is 0.0912 e. The van der Waals surface area contributed by atoms with E-state index in [1.807, 2.05) is 13.8 Å². The van der Waals surface area contributed by atoms with Gasteiger partial charge in [-0.1, -0.05) is 80.6 Å². The van der Waals surface area contributed by atoms with Crippen LogP contribution in [0, 0.1) is 6.92 Å². The first kappa shape index (κ1) is 17.3. The smallest absolute Gasteiger partial charge is 0.0187 e. The van der Waals surface area contributed by atoms with Gasteiger partial charge >= 0.3 is 0 Å². The van der Waals surface area contributed by atoms with E-state index < -0.39 is 0 Å². The van der Waals surface area contributed by atoms with Gasteiger partial charge < -0.3 is 0 Å². The highest BCUT2D eigenvalue weighted by molar-refractivity contribution is 5.77. The van der Waals surface area contributed by atoms with E-state index in [4.69, 9.17) is 0 Å². The number of rotatable bonds is 3. The molecule has 0 bridgehead atoms. The topological polar surface area (TPSA) is 0 Å². The van der Waals surface area contributed by atoms with E-state index in [0.717, 1.165) is 5.57 Å². The number of fused-ring (bicyclic) bond motifs is 1. The van der Waals surface area contributed by atoms with Gasteiger partial charge in [-0.15, -0.1) is 0 Å². The number of benzene rings is 2. The molecule has 1 aliphatic rings. The second-order valence-electron chi connectivity index (χ2n) is 5.96. The lowest BCUT2D eigenvalue weighted by Crippen LogP contribution is -2.02. The molecule has 0 atom stereocenters. The molecule has 0 heterocycles. The molecule has 2 aromatic carbocycles. The molecule has 0 radical (unpaired) electrons. The predicted molar refractivity (Wildman–Crippen MR) is 104 cm³/mol. The van der Waals surface area contributed by atoms with E-state index in [9.17, 15) is 0 Å². The minimum Gasteiger partial charge on any atom is -0.0912 e. The van der Waals surface area contributed by atoms with Gasteiger partial charge in [-0.3, -0.25) is 0 Å². The average molecular weight is 304 g/mol. The van der Waals surface area contributed by atoms with E-state index in [0.29, 0.717) is 0 Å². The Morgan fingerprint density at radius 2 is 1.70 bits per heavy atom. The third-order valence-electron chi connectivity index (χ3n) is 4.24. The lowest BCUT2D eigenvalue weighted by molar-refractivity contribution is 0.685. The zero-order valence-electron chi connectivity index (χ0n) is 14.7. The highest BCUT2D eigenvalue weighted by Gasteiger charge is 2.09. The Morgan fingerprint density at radius 1 is 0.957 bits per heavy atom. The van der Waals surface area contributed by atoms with Crippen LogP contribution in [0.1, 0.15) is 54.5 Å². The molecule has 3 rings (SSSR count). The van der Waals surface area contributed by atoms with Gasteiger partial charge in [0.25, 0.3) is 0 Å². The summed E-state index contributed by atoms with van der Waals surface area (Å²) in [5.41, 5.74) is 7.90. The monoisotopic (exact) mass is 304 g/mol. The third-order valence-corrected chi connectivity index (χ3v) is 4.24. The fourth-order valence-electron chi connectivity index (χ4n) is 3.00. The molecule has 2 aromatic rings. The first-order chi connectivity index (χ1) is 11.2. The molecular formula is C23H28. The molecule has 1 aliphatic carbocycles. The van der Waals surface area contributed by atoms with Crippen LogP contribution >= 0.6 is 0 Å². The summed E-state index contributed by atoms with van der Waals surface area (Å²) < 4.78 is 0. The van der Waals surface area contributed by atoms with Crippen LogP contribution in [0.25, 0.3) is 11.6 Å². The van der Waals surface area contributed by atoms with Gasteiger partial charge in [-0.2, -0.15) is 0 Å². The van der Waals surface area contributed by atoms with Crippen molar-refractivity contribution in [3.63, 3.8) is 0 Å². The summed E-state index contributed by atoms with van der Waals surface area (Å²) in [7, 11) is 0. The lowest BCUT2D eigenvalue weighted by Gasteiger charge is -2.16. The summed E-state index contributed by atoms with van der Waals surface area (Å²) in [5.74, 6) is 0. The van der Waals surface area contributed by atoms with Crippen molar-refractivity contribution in [2.24, 2.45) is 0 Å². The van der Waals surface area contributed by atoms with Crippen molar-refractivity contribution >= 4 is 11.6 Å². The number of aryl methyl sites for hydroxylation is 3. The molecule has 0 aromatic heterocycles.